The number of benzene rings is 2. The molecule has 2 amide bonds. The first-order valence-electron chi connectivity index (χ1n) is 10.1. The van der Waals surface area contributed by atoms with Crippen LogP contribution >= 0.6 is 0 Å². The lowest BCUT2D eigenvalue weighted by Gasteiger charge is -2.19. The van der Waals surface area contributed by atoms with Crippen LogP contribution in [-0.4, -0.2) is 42.5 Å². The van der Waals surface area contributed by atoms with Gasteiger partial charge in [-0.1, -0.05) is 25.1 Å². The maximum absolute atomic E-state index is 13.1. The van der Waals surface area contributed by atoms with Crippen molar-refractivity contribution in [1.29, 1.82) is 0 Å². The molecular formula is C23H24N2O5S. The van der Waals surface area contributed by atoms with Gasteiger partial charge in [-0.05, 0) is 38.1 Å². The van der Waals surface area contributed by atoms with Gasteiger partial charge in [0.2, 0.25) is 0 Å². The maximum atomic E-state index is 13.1. The molecule has 0 spiro atoms. The molecule has 0 unspecified atom stereocenters. The van der Waals surface area contributed by atoms with Crippen molar-refractivity contribution < 1.29 is 22.4 Å². The van der Waals surface area contributed by atoms with Crippen LogP contribution in [0, 0.1) is 0 Å². The normalized spacial score (nSPS) is 15.0. The van der Waals surface area contributed by atoms with E-state index in [9.17, 15) is 18.0 Å². The van der Waals surface area contributed by atoms with E-state index < -0.39 is 22.0 Å². The Balaban J connectivity index is 1.67. The molecule has 1 aliphatic rings. The van der Waals surface area contributed by atoms with E-state index in [-0.39, 0.29) is 21.9 Å². The number of sulfonamides is 1. The monoisotopic (exact) mass is 440 g/mol. The Morgan fingerprint density at radius 1 is 1.16 bits per heavy atom. The first-order valence-corrected chi connectivity index (χ1v) is 11.6. The van der Waals surface area contributed by atoms with Crippen LogP contribution in [0.3, 0.4) is 0 Å². The molecule has 0 bridgehead atoms. The highest BCUT2D eigenvalue weighted by Gasteiger charge is 2.43. The largest absolute Gasteiger partial charge is 0.461 e. The van der Waals surface area contributed by atoms with Crippen LogP contribution in [0.15, 0.2) is 51.8 Å². The summed E-state index contributed by atoms with van der Waals surface area (Å²) in [5.74, 6) is -0.0776. The second kappa shape index (κ2) is 7.53. The van der Waals surface area contributed by atoms with Crippen molar-refractivity contribution in [1.82, 2.24) is 9.21 Å². The number of fused-ring (bicyclic) bond motifs is 2. The van der Waals surface area contributed by atoms with Crippen LogP contribution in [0.25, 0.3) is 11.0 Å². The third-order valence-corrected chi connectivity index (χ3v) is 7.51. The number of carbonyl (C=O) groups is 2. The van der Waals surface area contributed by atoms with Crippen molar-refractivity contribution in [2.75, 3.05) is 7.05 Å². The minimum absolute atomic E-state index is 0.0991. The van der Waals surface area contributed by atoms with Crippen molar-refractivity contribution in [2.24, 2.45) is 0 Å². The maximum Gasteiger partial charge on any atom is 0.269 e. The van der Waals surface area contributed by atoms with Gasteiger partial charge in [-0.15, -0.1) is 0 Å². The Morgan fingerprint density at radius 3 is 2.55 bits per heavy atom. The molecule has 1 aromatic heterocycles. The molecule has 0 aliphatic carbocycles. The van der Waals surface area contributed by atoms with Gasteiger partial charge in [0.05, 0.1) is 5.56 Å². The fourth-order valence-corrected chi connectivity index (χ4v) is 5.82. The minimum Gasteiger partial charge on any atom is -0.461 e. The average Bonchev–Trinajstić information content (AvgIpc) is 3.19. The number of hydrogen-bond acceptors (Lipinski definition) is 5. The molecular weight excluding hydrogens is 416 g/mol. The van der Waals surface area contributed by atoms with Crippen molar-refractivity contribution >= 4 is 32.8 Å². The Hall–Kier alpha value is -3.13. The second-order valence-electron chi connectivity index (χ2n) is 7.93. The topological polar surface area (TPSA) is 87.9 Å². The lowest BCUT2D eigenvalue weighted by Crippen LogP contribution is -2.36. The van der Waals surface area contributed by atoms with Gasteiger partial charge in [0.1, 0.15) is 16.2 Å². The van der Waals surface area contributed by atoms with E-state index in [0.717, 1.165) is 26.6 Å². The summed E-state index contributed by atoms with van der Waals surface area (Å²) in [6, 6.07) is 11.4. The summed E-state index contributed by atoms with van der Waals surface area (Å²) >= 11 is 0. The highest BCUT2D eigenvalue weighted by Crippen LogP contribution is 2.33. The van der Waals surface area contributed by atoms with Gasteiger partial charge in [0.25, 0.3) is 21.8 Å². The van der Waals surface area contributed by atoms with E-state index in [1.54, 1.807) is 20.9 Å². The summed E-state index contributed by atoms with van der Waals surface area (Å²) in [6.45, 7) is 5.59. The molecule has 0 saturated carbocycles. The summed E-state index contributed by atoms with van der Waals surface area (Å²) in [6.07, 6.45) is 0.691. The number of furan rings is 1. The summed E-state index contributed by atoms with van der Waals surface area (Å²) in [5, 5.41) is 0.953. The molecule has 162 valence electrons. The third kappa shape index (κ3) is 3.31. The standard InChI is InChI=1S/C23H24N2O5S/c1-5-19-18(16-8-6-7-9-20(16)30-19)13-24(4)22(26)15-10-11-17-21(12-15)31(28,29)25(14(2)3)23(17)27/h6-12,14H,5,13H2,1-4H3. The molecule has 4 rings (SSSR count). The predicted octanol–water partition coefficient (Wildman–Crippen LogP) is 3.82. The Kier molecular flexibility index (Phi) is 5.13. The molecule has 0 fully saturated rings. The SMILES string of the molecule is CCc1oc2ccccc2c1CN(C)C(=O)c1ccc2c(c1)S(=O)(=O)N(C(C)C)C2=O. The average molecular weight is 441 g/mol. The van der Waals surface area contributed by atoms with Crippen LogP contribution < -0.4 is 0 Å². The van der Waals surface area contributed by atoms with Gasteiger partial charge in [-0.3, -0.25) is 9.59 Å². The van der Waals surface area contributed by atoms with Crippen molar-refractivity contribution in [3.8, 4) is 0 Å². The van der Waals surface area contributed by atoms with E-state index >= 15 is 0 Å². The summed E-state index contributed by atoms with van der Waals surface area (Å²) < 4.78 is 32.4. The zero-order valence-electron chi connectivity index (χ0n) is 17.9. The van der Waals surface area contributed by atoms with Gasteiger partial charge >= 0.3 is 0 Å². The third-order valence-electron chi connectivity index (χ3n) is 5.51. The van der Waals surface area contributed by atoms with Crippen LogP contribution in [-0.2, 0) is 23.0 Å². The number of carbonyl (C=O) groups excluding carboxylic acids is 2. The second-order valence-corrected chi connectivity index (χ2v) is 9.71. The van der Waals surface area contributed by atoms with Crippen molar-refractivity contribution in [3.63, 3.8) is 0 Å². The molecule has 7 nitrogen and oxygen atoms in total. The van der Waals surface area contributed by atoms with Gasteiger partial charge < -0.3 is 9.32 Å². The molecule has 0 N–H and O–H groups in total. The number of rotatable bonds is 5. The van der Waals surface area contributed by atoms with E-state index in [4.69, 9.17) is 4.42 Å². The number of amides is 2. The molecule has 1 aliphatic heterocycles. The molecule has 3 aromatic rings. The van der Waals surface area contributed by atoms with E-state index in [1.807, 2.05) is 31.2 Å². The molecule has 0 saturated heterocycles. The predicted molar refractivity (Wildman–Crippen MR) is 116 cm³/mol. The van der Waals surface area contributed by atoms with E-state index in [2.05, 4.69) is 0 Å². The van der Waals surface area contributed by atoms with Crippen LogP contribution in [0.4, 0.5) is 0 Å². The van der Waals surface area contributed by atoms with Crippen LogP contribution in [0.1, 0.15) is 52.8 Å². The zero-order valence-corrected chi connectivity index (χ0v) is 18.7. The van der Waals surface area contributed by atoms with Crippen LogP contribution in [0.5, 0.6) is 0 Å². The van der Waals surface area contributed by atoms with Gasteiger partial charge in [0.15, 0.2) is 0 Å². The fraction of sp³-hybridized carbons (Fsp3) is 0.304. The number of aryl methyl sites for hydroxylation is 1. The van der Waals surface area contributed by atoms with Gasteiger partial charge in [-0.25, -0.2) is 12.7 Å². The smallest absolute Gasteiger partial charge is 0.269 e. The van der Waals surface area contributed by atoms with Crippen molar-refractivity contribution in [3.05, 3.63) is 64.9 Å². The lowest BCUT2D eigenvalue weighted by molar-refractivity contribution is 0.0782. The van der Waals surface area contributed by atoms with Gasteiger partial charge in [-0.2, -0.15) is 0 Å². The number of hydrogen-bond donors (Lipinski definition) is 0. The summed E-state index contributed by atoms with van der Waals surface area (Å²) in [7, 11) is -2.30. The highest BCUT2D eigenvalue weighted by molar-refractivity contribution is 7.90. The highest BCUT2D eigenvalue weighted by atomic mass is 32.2. The minimum atomic E-state index is -3.97. The molecule has 0 radical (unpaired) electrons. The quantitative estimate of drug-likeness (QED) is 0.602. The molecule has 0 atom stereocenters. The zero-order chi connectivity index (χ0) is 22.5. The first-order chi connectivity index (χ1) is 14.7. The Bertz CT molecular complexity index is 1310. The van der Waals surface area contributed by atoms with E-state index in [0.29, 0.717) is 13.0 Å². The Morgan fingerprint density at radius 2 is 1.87 bits per heavy atom. The van der Waals surface area contributed by atoms with Crippen LogP contribution in [0.2, 0.25) is 0 Å². The molecule has 2 heterocycles. The lowest BCUT2D eigenvalue weighted by atomic mass is 10.1. The fourth-order valence-electron chi connectivity index (χ4n) is 4.03. The summed E-state index contributed by atoms with van der Waals surface area (Å²) in [4.78, 5) is 27.0. The summed E-state index contributed by atoms with van der Waals surface area (Å²) in [5.41, 5.74) is 2.02. The molecule has 8 heteroatoms. The number of para-hydroxylation sites is 1. The molecule has 31 heavy (non-hydrogen) atoms. The van der Waals surface area contributed by atoms with Crippen molar-refractivity contribution in [2.45, 2.75) is 44.7 Å². The van der Waals surface area contributed by atoms with E-state index in [1.165, 1.54) is 23.1 Å². The molecule has 2 aromatic carbocycles. The first kappa shape index (κ1) is 21.1. The van der Waals surface area contributed by atoms with Gasteiger partial charge in [0, 0.05) is 42.6 Å². The number of nitrogens with zero attached hydrogens (tertiary/aromatic N) is 2. The Labute approximate surface area is 181 Å².